The number of rotatable bonds is 25. The van der Waals surface area contributed by atoms with Crippen LogP contribution in [0.4, 0.5) is 35.7 Å². The van der Waals surface area contributed by atoms with Gasteiger partial charge in [-0.2, -0.15) is 29.9 Å². The van der Waals surface area contributed by atoms with E-state index in [9.17, 15) is 19.8 Å². The van der Waals surface area contributed by atoms with Crippen LogP contribution < -0.4 is 51.5 Å². The average Bonchev–Trinajstić information content (AvgIpc) is 3.26. The highest BCUT2D eigenvalue weighted by Crippen LogP contribution is 2.40. The van der Waals surface area contributed by atoms with E-state index in [0.717, 1.165) is 51.4 Å². The average molecular weight is 1120 g/mol. The van der Waals surface area contributed by atoms with Crippen molar-refractivity contribution in [3.05, 3.63) is 0 Å². The Balaban J connectivity index is 1.34. The van der Waals surface area contributed by atoms with Crippen LogP contribution in [0.2, 0.25) is 0 Å². The Morgan fingerprint density at radius 3 is 0.875 bits per heavy atom. The second kappa shape index (κ2) is 24.4. The van der Waals surface area contributed by atoms with Gasteiger partial charge >= 0.3 is 11.9 Å². The molecule has 0 aliphatic carbocycles. The molecule has 0 unspecified atom stereocenters. The highest BCUT2D eigenvalue weighted by Gasteiger charge is 2.46. The molecule has 4 fully saturated rings. The second-order valence-corrected chi connectivity index (χ2v) is 29.7. The number of carbonyl (C=O) groups is 2. The van der Waals surface area contributed by atoms with Crippen molar-refractivity contribution in [2.75, 3.05) is 69.5 Å². The van der Waals surface area contributed by atoms with Gasteiger partial charge in [0, 0.05) is 114 Å². The quantitative estimate of drug-likeness (QED) is 0.0462. The van der Waals surface area contributed by atoms with Crippen LogP contribution in [0.1, 0.15) is 222 Å². The molecule has 20 heteroatoms. The van der Waals surface area contributed by atoms with Crippen molar-refractivity contribution in [2.24, 2.45) is 5.41 Å². The summed E-state index contributed by atoms with van der Waals surface area (Å²) in [6, 6.07) is 0.618. The fourth-order valence-electron chi connectivity index (χ4n) is 15.7. The molecule has 8 N–H and O–H groups in total. The van der Waals surface area contributed by atoms with Crippen molar-refractivity contribution >= 4 is 47.6 Å². The number of nitrogens with zero attached hydrogens (tertiary/aromatic N) is 10. The lowest BCUT2D eigenvalue weighted by atomic mass is 9.76. The van der Waals surface area contributed by atoms with E-state index in [2.05, 4.69) is 190 Å². The molecule has 6 heterocycles. The molecule has 2 aromatic rings. The molecule has 20 nitrogen and oxygen atoms in total. The number of anilines is 6. The molecule has 0 aromatic carbocycles. The summed E-state index contributed by atoms with van der Waals surface area (Å²) in [6.45, 7) is 48.0. The lowest BCUT2D eigenvalue weighted by molar-refractivity contribution is -0.150. The van der Waals surface area contributed by atoms with Gasteiger partial charge in [0.15, 0.2) is 0 Å². The minimum atomic E-state index is -1.32. The van der Waals surface area contributed by atoms with Gasteiger partial charge in [0.2, 0.25) is 35.7 Å². The van der Waals surface area contributed by atoms with Crippen LogP contribution in [0, 0.1) is 5.41 Å². The Bertz CT molecular complexity index is 2090. The van der Waals surface area contributed by atoms with E-state index in [1.807, 2.05) is 0 Å². The van der Waals surface area contributed by atoms with Crippen molar-refractivity contribution in [3.8, 4) is 0 Å². The number of hydrogen-bond donors (Lipinski definition) is 8. The van der Waals surface area contributed by atoms with E-state index in [1.165, 1.54) is 0 Å². The highest BCUT2D eigenvalue weighted by molar-refractivity contribution is 5.75. The first kappa shape index (κ1) is 64.8. The highest BCUT2D eigenvalue weighted by atomic mass is 16.4. The molecule has 6 rings (SSSR count). The van der Waals surface area contributed by atoms with E-state index < -0.39 is 17.4 Å². The van der Waals surface area contributed by atoms with Gasteiger partial charge in [0.1, 0.15) is 0 Å². The van der Waals surface area contributed by atoms with Crippen molar-refractivity contribution in [3.63, 3.8) is 0 Å². The number of aromatic nitrogens is 6. The molecule has 0 saturated carbocycles. The van der Waals surface area contributed by atoms with E-state index in [-0.39, 0.29) is 114 Å². The molecule has 4 aliphatic rings. The van der Waals surface area contributed by atoms with Crippen LogP contribution in [0.25, 0.3) is 0 Å². The zero-order chi connectivity index (χ0) is 59.7. The third-order valence-electron chi connectivity index (χ3n) is 17.3. The first-order valence-corrected chi connectivity index (χ1v) is 30.5. The monoisotopic (exact) mass is 1120 g/mol. The standard InChI is InChI=1S/C60H110N16O4/c1-21-73(40-32-52(5,6)69-53(7,8)33-40)48-63-46(64-49(67-48)74(22-2)41-34-54(9,10)70-55(11,12)35-41)61-30-28-60(45(79)80,27-25-26-44(77)78)29-31-62-47-65-50(75(23-3)42-36-56(13,14)71-57(15,16)37-42)68-51(66-47)76(24-4)43-38-58(17,18)72-59(19,20)39-43/h40-43,69-72H,21-39H2,1-20H3,(H,77,78)(H,79,80)(H,61,63,64,67)(H,62,65,66,68). The predicted molar refractivity (Wildman–Crippen MR) is 327 cm³/mol. The molecule has 454 valence electrons. The summed E-state index contributed by atoms with van der Waals surface area (Å²) in [5, 5.41) is 43.6. The minimum Gasteiger partial charge on any atom is -0.481 e. The zero-order valence-electron chi connectivity index (χ0n) is 53.4. The van der Waals surface area contributed by atoms with Crippen LogP contribution in [-0.4, -0.2) is 160 Å². The first-order chi connectivity index (χ1) is 36.8. The summed E-state index contributed by atoms with van der Waals surface area (Å²) in [5.74, 6) is 1.22. The van der Waals surface area contributed by atoms with Crippen molar-refractivity contribution in [1.29, 1.82) is 0 Å². The number of nitrogens with one attached hydrogen (secondary N) is 6. The first-order valence-electron chi connectivity index (χ1n) is 30.5. The van der Waals surface area contributed by atoms with Gasteiger partial charge in [0.05, 0.1) is 5.41 Å². The number of hydrogen-bond acceptors (Lipinski definition) is 18. The van der Waals surface area contributed by atoms with Gasteiger partial charge < -0.3 is 61.7 Å². The SMILES string of the molecule is CCN(c1nc(NCCC(CCCC(=O)O)(CCNc2nc(N(CC)C3CC(C)(C)NC(C)(C)C3)nc(N(CC)C3CC(C)(C)NC(C)(C)C3)n2)C(=O)O)nc(N(CC)C2CC(C)(C)NC(C)(C)C2)n1)C1CC(C)(C)NC(C)(C)C1. The Morgan fingerprint density at radius 1 is 0.438 bits per heavy atom. The van der Waals surface area contributed by atoms with Gasteiger partial charge in [-0.3, -0.25) is 9.59 Å². The molecule has 0 amide bonds. The molecular formula is C60H110N16O4. The summed E-state index contributed by atoms with van der Waals surface area (Å²) in [5.41, 5.74) is -2.23. The molecule has 0 atom stereocenters. The Kier molecular flexibility index (Phi) is 19.8. The van der Waals surface area contributed by atoms with Gasteiger partial charge in [-0.25, -0.2) is 0 Å². The van der Waals surface area contributed by atoms with Crippen molar-refractivity contribution in [2.45, 2.75) is 290 Å². The smallest absolute Gasteiger partial charge is 0.309 e. The third-order valence-corrected chi connectivity index (χ3v) is 17.3. The summed E-state index contributed by atoms with van der Waals surface area (Å²) >= 11 is 0. The molecular weight excluding hydrogens is 1010 g/mol. The van der Waals surface area contributed by atoms with Crippen molar-refractivity contribution in [1.82, 2.24) is 51.2 Å². The maximum atomic E-state index is 13.9. The van der Waals surface area contributed by atoms with Crippen LogP contribution in [0.5, 0.6) is 0 Å². The number of carboxylic acids is 2. The molecule has 0 bridgehead atoms. The van der Waals surface area contributed by atoms with E-state index in [4.69, 9.17) is 29.9 Å². The largest absolute Gasteiger partial charge is 0.481 e. The zero-order valence-corrected chi connectivity index (χ0v) is 53.4. The summed E-state index contributed by atoms with van der Waals surface area (Å²) in [4.78, 5) is 66.5. The Morgan fingerprint density at radius 2 is 0.675 bits per heavy atom. The lowest BCUT2D eigenvalue weighted by Crippen LogP contribution is -2.62. The molecule has 0 spiro atoms. The predicted octanol–water partition coefficient (Wildman–Crippen LogP) is 9.23. The third kappa shape index (κ3) is 17.1. The molecule has 0 radical (unpaired) electrons. The Labute approximate surface area is 482 Å². The fraction of sp³-hybridized carbons (Fsp3) is 0.867. The maximum Gasteiger partial charge on any atom is 0.309 e. The number of aliphatic carboxylic acids is 2. The van der Waals surface area contributed by atoms with Crippen LogP contribution in [0.3, 0.4) is 0 Å². The number of carboxylic acid groups (broad SMARTS) is 2. The van der Waals surface area contributed by atoms with Crippen molar-refractivity contribution < 1.29 is 19.8 Å². The van der Waals surface area contributed by atoms with E-state index in [1.54, 1.807) is 0 Å². The minimum absolute atomic E-state index is 0.114. The van der Waals surface area contributed by atoms with Gasteiger partial charge in [0.25, 0.3) is 0 Å². The van der Waals surface area contributed by atoms with E-state index >= 15 is 0 Å². The van der Waals surface area contributed by atoms with Crippen LogP contribution >= 0.6 is 0 Å². The molecule has 2 aromatic heterocycles. The topological polar surface area (TPSA) is 237 Å². The van der Waals surface area contributed by atoms with Crippen LogP contribution in [0.15, 0.2) is 0 Å². The van der Waals surface area contributed by atoms with Crippen LogP contribution in [-0.2, 0) is 9.59 Å². The summed E-state index contributed by atoms with van der Waals surface area (Å²) in [7, 11) is 0. The summed E-state index contributed by atoms with van der Waals surface area (Å²) in [6.07, 6.45) is 7.80. The van der Waals surface area contributed by atoms with E-state index in [0.29, 0.717) is 61.9 Å². The van der Waals surface area contributed by atoms with Gasteiger partial charge in [-0.05, 0) is 216 Å². The molecule has 4 aliphatic heterocycles. The summed E-state index contributed by atoms with van der Waals surface area (Å²) < 4.78 is 0. The second-order valence-electron chi connectivity index (χ2n) is 29.7. The number of piperidine rings is 4. The fourth-order valence-corrected chi connectivity index (χ4v) is 15.7. The van der Waals surface area contributed by atoms with Gasteiger partial charge in [-0.15, -0.1) is 0 Å². The van der Waals surface area contributed by atoms with Gasteiger partial charge in [-0.1, -0.05) is 0 Å². The Hall–Kier alpha value is -4.40. The maximum absolute atomic E-state index is 13.9. The molecule has 4 saturated heterocycles. The lowest BCUT2D eigenvalue weighted by Gasteiger charge is -2.50. The molecule has 80 heavy (non-hydrogen) atoms. The normalized spacial score (nSPS) is 22.5.